The second-order valence-electron chi connectivity index (χ2n) is 8.19. The molecule has 2 aliphatic rings. The highest BCUT2D eigenvalue weighted by Gasteiger charge is 2.27. The van der Waals surface area contributed by atoms with Gasteiger partial charge in [-0.25, -0.2) is 13.3 Å². The summed E-state index contributed by atoms with van der Waals surface area (Å²) in [5.41, 5.74) is 1.23. The Kier molecular flexibility index (Phi) is 6.44. The molecule has 3 aromatic heterocycles. The minimum Gasteiger partial charge on any atom is -0.378 e. The van der Waals surface area contributed by atoms with Crippen LogP contribution in [0.5, 0.6) is 0 Å². The van der Waals surface area contributed by atoms with E-state index in [0.29, 0.717) is 25.2 Å². The monoisotopic (exact) mass is 476 g/mol. The van der Waals surface area contributed by atoms with Gasteiger partial charge in [0.1, 0.15) is 0 Å². The van der Waals surface area contributed by atoms with Gasteiger partial charge in [0, 0.05) is 31.2 Å². The Morgan fingerprint density at radius 3 is 2.74 bits per heavy atom. The molecule has 2 aliphatic heterocycles. The zero-order valence-corrected chi connectivity index (χ0v) is 18.7. The lowest BCUT2D eigenvalue weighted by molar-refractivity contribution is -0.198. The van der Waals surface area contributed by atoms with E-state index in [9.17, 15) is 13.6 Å². The summed E-state index contributed by atoms with van der Waals surface area (Å²) in [7, 11) is 0. The van der Waals surface area contributed by atoms with Crippen LogP contribution in [-0.2, 0) is 14.2 Å². The van der Waals surface area contributed by atoms with Gasteiger partial charge in [0.2, 0.25) is 0 Å². The Hall–Kier alpha value is -3.09. The number of ether oxygens (including phenoxy) is 3. The largest absolute Gasteiger partial charge is 0.378 e. The average molecular weight is 476 g/mol. The average Bonchev–Trinajstić information content (AvgIpc) is 3.49. The fraction of sp³-hybridized carbons (Fsp3) is 0.500. The third-order valence-corrected chi connectivity index (χ3v) is 6.00. The van der Waals surface area contributed by atoms with Crippen LogP contribution in [-0.4, -0.2) is 71.1 Å². The molecule has 0 unspecified atom stereocenters. The number of amides is 1. The normalized spacial score (nSPS) is 21.4. The van der Waals surface area contributed by atoms with Crippen molar-refractivity contribution in [1.82, 2.24) is 19.4 Å². The van der Waals surface area contributed by atoms with Gasteiger partial charge in [-0.3, -0.25) is 9.48 Å². The summed E-state index contributed by atoms with van der Waals surface area (Å²) in [6, 6.07) is 3.42. The molecular weight excluding hydrogens is 450 g/mol. The molecule has 12 heteroatoms. The molecule has 0 radical (unpaired) electrons. The van der Waals surface area contributed by atoms with Crippen molar-refractivity contribution in [3.05, 3.63) is 42.0 Å². The lowest BCUT2D eigenvalue weighted by Crippen LogP contribution is -2.36. The third kappa shape index (κ3) is 4.48. The summed E-state index contributed by atoms with van der Waals surface area (Å²) in [4.78, 5) is 15.3. The number of halogens is 2. The number of carbonyl (C=O) groups is 1. The predicted octanol–water partition coefficient (Wildman–Crippen LogP) is 2.88. The summed E-state index contributed by atoms with van der Waals surface area (Å²) in [5.74, 6) is -0.544. The van der Waals surface area contributed by atoms with E-state index in [-0.39, 0.29) is 36.8 Å². The molecule has 0 spiro atoms. The van der Waals surface area contributed by atoms with Crippen molar-refractivity contribution in [2.45, 2.75) is 32.1 Å². The van der Waals surface area contributed by atoms with Gasteiger partial charge >= 0.3 is 0 Å². The molecule has 0 aromatic carbocycles. The molecule has 1 amide bonds. The molecule has 0 aliphatic carbocycles. The van der Waals surface area contributed by atoms with Crippen molar-refractivity contribution in [2.75, 3.05) is 49.7 Å². The first kappa shape index (κ1) is 22.7. The van der Waals surface area contributed by atoms with Crippen molar-refractivity contribution >= 4 is 22.8 Å². The smallest absolute Gasteiger partial charge is 0.284 e. The minimum absolute atomic E-state index is 0.0544. The zero-order valence-electron chi connectivity index (χ0n) is 18.7. The van der Waals surface area contributed by atoms with Gasteiger partial charge in [-0.15, -0.1) is 0 Å². The van der Waals surface area contributed by atoms with Gasteiger partial charge in [-0.1, -0.05) is 6.92 Å². The van der Waals surface area contributed by atoms with E-state index in [2.05, 4.69) is 20.4 Å². The maximum atomic E-state index is 13.7. The number of nitrogens with one attached hydrogen (secondary N) is 1. The van der Waals surface area contributed by atoms with Crippen LogP contribution in [0.3, 0.4) is 0 Å². The van der Waals surface area contributed by atoms with E-state index >= 15 is 0 Å². The molecule has 2 saturated heterocycles. The number of aromatic nitrogens is 4. The fourth-order valence-electron chi connectivity index (χ4n) is 4.12. The summed E-state index contributed by atoms with van der Waals surface area (Å²) >= 11 is 0. The number of nitrogens with zero attached hydrogens (tertiary/aromatic N) is 5. The van der Waals surface area contributed by atoms with Crippen LogP contribution in [0.2, 0.25) is 0 Å². The molecule has 0 atom stereocenters. The van der Waals surface area contributed by atoms with Crippen LogP contribution >= 0.6 is 0 Å². The Bertz CT molecular complexity index is 1150. The molecule has 182 valence electrons. The molecule has 5 heterocycles. The Balaban J connectivity index is 1.38. The molecular formula is C22H26F2N6O4. The van der Waals surface area contributed by atoms with Crippen LogP contribution in [0.15, 0.2) is 30.7 Å². The van der Waals surface area contributed by atoms with Crippen LogP contribution in [0.25, 0.3) is 5.52 Å². The van der Waals surface area contributed by atoms with E-state index in [1.807, 2.05) is 19.1 Å². The van der Waals surface area contributed by atoms with E-state index in [1.54, 1.807) is 10.7 Å². The van der Waals surface area contributed by atoms with Crippen LogP contribution in [0, 0.1) is 0 Å². The molecule has 34 heavy (non-hydrogen) atoms. The highest BCUT2D eigenvalue weighted by atomic mass is 19.3. The van der Waals surface area contributed by atoms with Crippen molar-refractivity contribution in [3.8, 4) is 0 Å². The van der Waals surface area contributed by atoms with Gasteiger partial charge in [-0.05, 0) is 18.6 Å². The molecule has 1 N–H and O–H groups in total. The minimum atomic E-state index is -2.86. The summed E-state index contributed by atoms with van der Waals surface area (Å²) in [6.45, 7) is 5.27. The lowest BCUT2D eigenvalue weighted by Gasteiger charge is -2.28. The topological polar surface area (TPSA) is 95.2 Å². The van der Waals surface area contributed by atoms with Crippen molar-refractivity contribution in [2.24, 2.45) is 0 Å². The van der Waals surface area contributed by atoms with Crippen molar-refractivity contribution in [3.63, 3.8) is 0 Å². The first-order valence-electron chi connectivity index (χ1n) is 11.2. The lowest BCUT2D eigenvalue weighted by atomic mass is 10.2. The highest BCUT2D eigenvalue weighted by Crippen LogP contribution is 2.29. The van der Waals surface area contributed by atoms with Crippen LogP contribution < -0.4 is 10.2 Å². The number of alkyl halides is 2. The molecule has 10 nitrogen and oxygen atoms in total. The second kappa shape index (κ2) is 9.65. The van der Waals surface area contributed by atoms with Gasteiger partial charge in [-0.2, -0.15) is 10.2 Å². The standard InChI is InChI=1S/C22H26F2N6O4/c1-2-19-33-12-15(13-34-19)30-11-17(20(27-30)21(23)24)26-22(31)16-10-25-29-4-3-14(9-18(16)29)28-5-7-32-8-6-28/h3-4,9-11,15,19,21H,2,5-8,12-13H2,1H3,(H,26,31). The quantitative estimate of drug-likeness (QED) is 0.585. The molecule has 5 rings (SSSR count). The number of fused-ring (bicyclic) bond motifs is 1. The molecule has 0 saturated carbocycles. The van der Waals surface area contributed by atoms with E-state index in [1.165, 1.54) is 17.1 Å². The maximum absolute atomic E-state index is 13.7. The number of hydrogen-bond acceptors (Lipinski definition) is 7. The first-order chi connectivity index (χ1) is 16.5. The van der Waals surface area contributed by atoms with Gasteiger partial charge < -0.3 is 24.4 Å². The number of hydrogen-bond donors (Lipinski definition) is 1. The Labute approximate surface area is 194 Å². The third-order valence-electron chi connectivity index (χ3n) is 6.00. The Morgan fingerprint density at radius 2 is 2.03 bits per heavy atom. The predicted molar refractivity (Wildman–Crippen MR) is 118 cm³/mol. The van der Waals surface area contributed by atoms with Crippen molar-refractivity contribution < 1.29 is 27.8 Å². The zero-order chi connectivity index (χ0) is 23.7. The van der Waals surface area contributed by atoms with Crippen LogP contribution in [0.4, 0.5) is 20.2 Å². The number of anilines is 2. The maximum Gasteiger partial charge on any atom is 0.284 e. The van der Waals surface area contributed by atoms with E-state index < -0.39 is 18.0 Å². The van der Waals surface area contributed by atoms with Gasteiger partial charge in [0.05, 0.1) is 55.4 Å². The second-order valence-corrected chi connectivity index (χ2v) is 8.19. The SMILES string of the molecule is CCC1OCC(n2cc(NC(=O)c3cnn4ccc(N5CCOCC5)cc34)c(C(F)F)n2)CO1. The summed E-state index contributed by atoms with van der Waals surface area (Å²) < 4.78 is 46.9. The van der Waals surface area contributed by atoms with Crippen LogP contribution in [0.1, 0.15) is 41.9 Å². The molecule has 3 aromatic rings. The van der Waals surface area contributed by atoms with Gasteiger partial charge in [0.15, 0.2) is 12.0 Å². The number of pyridine rings is 1. The van der Waals surface area contributed by atoms with E-state index in [0.717, 1.165) is 18.8 Å². The molecule has 0 bridgehead atoms. The van der Waals surface area contributed by atoms with Crippen molar-refractivity contribution in [1.29, 1.82) is 0 Å². The number of morpholine rings is 1. The summed E-state index contributed by atoms with van der Waals surface area (Å²) in [5, 5.41) is 10.8. The fourth-order valence-corrected chi connectivity index (χ4v) is 4.12. The highest BCUT2D eigenvalue weighted by molar-refractivity contribution is 6.09. The summed E-state index contributed by atoms with van der Waals surface area (Å²) in [6.07, 6.45) is 2.12. The molecule has 2 fully saturated rings. The van der Waals surface area contributed by atoms with Gasteiger partial charge in [0.25, 0.3) is 12.3 Å². The first-order valence-corrected chi connectivity index (χ1v) is 11.2. The number of carbonyl (C=O) groups excluding carboxylic acids is 1. The number of rotatable bonds is 6. The Morgan fingerprint density at radius 1 is 1.26 bits per heavy atom. The van der Waals surface area contributed by atoms with E-state index in [4.69, 9.17) is 14.2 Å².